The first-order valence-corrected chi connectivity index (χ1v) is 7.36. The number of morpholine rings is 1. The Labute approximate surface area is 128 Å². The zero-order valence-electron chi connectivity index (χ0n) is 11.5. The first-order chi connectivity index (χ1) is 9.43. The lowest BCUT2D eigenvalue weighted by atomic mass is 10.1. The summed E-state index contributed by atoms with van der Waals surface area (Å²) in [5, 5.41) is 0.546. The van der Waals surface area contributed by atoms with E-state index < -0.39 is 0 Å². The molecular formula is C14H18Cl2N2O2. The number of hydrogen-bond acceptors (Lipinski definition) is 3. The van der Waals surface area contributed by atoms with Gasteiger partial charge in [-0.05, 0) is 25.5 Å². The number of ether oxygens (including phenoxy) is 1. The van der Waals surface area contributed by atoms with E-state index in [2.05, 4.69) is 0 Å². The second kappa shape index (κ2) is 6.20. The van der Waals surface area contributed by atoms with Crippen molar-refractivity contribution in [3.05, 3.63) is 27.7 Å². The third-order valence-electron chi connectivity index (χ3n) is 3.48. The van der Waals surface area contributed by atoms with E-state index in [0.717, 1.165) is 6.42 Å². The van der Waals surface area contributed by atoms with Crippen LogP contribution < -0.4 is 5.73 Å². The standard InChI is InChI=1S/C14H18Cl2N2O2/c1-3-10-7-20-8(2)6-18(10)14(19)11-4-9(17)5-12(15)13(11)16/h4-5,8,10H,3,6-7,17H2,1-2H3. The number of carbonyl (C=O) groups is 1. The van der Waals surface area contributed by atoms with E-state index in [4.69, 9.17) is 33.7 Å². The van der Waals surface area contributed by atoms with Crippen LogP contribution in [-0.2, 0) is 4.74 Å². The van der Waals surface area contributed by atoms with Gasteiger partial charge >= 0.3 is 0 Å². The normalized spacial score (nSPS) is 22.9. The lowest BCUT2D eigenvalue weighted by Gasteiger charge is -2.38. The summed E-state index contributed by atoms with van der Waals surface area (Å²) in [6.45, 7) is 5.05. The number of benzene rings is 1. The molecule has 1 amide bonds. The minimum absolute atomic E-state index is 0.0112. The second-order valence-corrected chi connectivity index (χ2v) is 5.81. The third kappa shape index (κ3) is 3.03. The van der Waals surface area contributed by atoms with Crippen molar-refractivity contribution < 1.29 is 9.53 Å². The zero-order chi connectivity index (χ0) is 14.9. The molecule has 0 radical (unpaired) electrons. The van der Waals surface area contributed by atoms with E-state index in [-0.39, 0.29) is 23.1 Å². The van der Waals surface area contributed by atoms with Crippen molar-refractivity contribution >= 4 is 34.8 Å². The maximum atomic E-state index is 12.7. The molecule has 0 aliphatic carbocycles. The lowest BCUT2D eigenvalue weighted by molar-refractivity contribution is -0.0443. The predicted octanol–water partition coefficient (Wildman–Crippen LogP) is 3.22. The average Bonchev–Trinajstić information content (AvgIpc) is 2.42. The van der Waals surface area contributed by atoms with E-state index in [1.54, 1.807) is 17.0 Å². The van der Waals surface area contributed by atoms with Gasteiger partial charge in [0.1, 0.15) is 0 Å². The Bertz CT molecular complexity index is 522. The van der Waals surface area contributed by atoms with E-state index in [9.17, 15) is 4.79 Å². The molecule has 1 fully saturated rings. The molecule has 0 saturated carbocycles. The molecule has 1 aliphatic heterocycles. The SMILES string of the molecule is CCC1COC(C)CN1C(=O)c1cc(N)cc(Cl)c1Cl. The monoisotopic (exact) mass is 316 g/mol. The Morgan fingerprint density at radius 2 is 2.20 bits per heavy atom. The van der Waals surface area contributed by atoms with Gasteiger partial charge in [0.2, 0.25) is 0 Å². The van der Waals surface area contributed by atoms with Crippen molar-refractivity contribution in [1.29, 1.82) is 0 Å². The number of rotatable bonds is 2. The lowest BCUT2D eigenvalue weighted by Crippen LogP contribution is -2.51. The molecule has 1 saturated heterocycles. The van der Waals surface area contributed by atoms with Gasteiger partial charge in [0.15, 0.2) is 0 Å². The number of nitrogen functional groups attached to an aromatic ring is 1. The van der Waals surface area contributed by atoms with Gasteiger partial charge < -0.3 is 15.4 Å². The quantitative estimate of drug-likeness (QED) is 0.852. The third-order valence-corrected chi connectivity index (χ3v) is 4.28. The molecule has 0 aromatic heterocycles. The first-order valence-electron chi connectivity index (χ1n) is 6.61. The van der Waals surface area contributed by atoms with Crippen LogP contribution in [0.2, 0.25) is 10.0 Å². The molecule has 0 spiro atoms. The van der Waals surface area contributed by atoms with Crippen LogP contribution in [0.3, 0.4) is 0 Å². The van der Waals surface area contributed by atoms with Gasteiger partial charge in [-0.2, -0.15) is 0 Å². The molecule has 20 heavy (non-hydrogen) atoms. The fraction of sp³-hybridized carbons (Fsp3) is 0.500. The Balaban J connectivity index is 2.34. The number of anilines is 1. The summed E-state index contributed by atoms with van der Waals surface area (Å²) in [5.74, 6) is -0.147. The van der Waals surface area contributed by atoms with Gasteiger partial charge in [0, 0.05) is 12.2 Å². The molecule has 4 nitrogen and oxygen atoms in total. The van der Waals surface area contributed by atoms with Crippen LogP contribution in [0, 0.1) is 0 Å². The zero-order valence-corrected chi connectivity index (χ0v) is 13.0. The van der Waals surface area contributed by atoms with Crippen molar-refractivity contribution in [2.75, 3.05) is 18.9 Å². The van der Waals surface area contributed by atoms with Crippen LogP contribution in [0.1, 0.15) is 30.6 Å². The molecule has 2 rings (SSSR count). The minimum Gasteiger partial charge on any atom is -0.399 e. The summed E-state index contributed by atoms with van der Waals surface area (Å²) in [5.41, 5.74) is 6.53. The molecule has 0 bridgehead atoms. The Morgan fingerprint density at radius 3 is 2.85 bits per heavy atom. The van der Waals surface area contributed by atoms with Gasteiger partial charge in [0.25, 0.3) is 5.91 Å². The van der Waals surface area contributed by atoms with E-state index in [1.165, 1.54) is 0 Å². The molecule has 2 unspecified atom stereocenters. The van der Waals surface area contributed by atoms with Crippen molar-refractivity contribution in [2.45, 2.75) is 32.4 Å². The molecule has 1 aliphatic rings. The van der Waals surface area contributed by atoms with Crippen LogP contribution in [0.25, 0.3) is 0 Å². The first kappa shape index (κ1) is 15.4. The molecule has 1 aromatic rings. The summed E-state index contributed by atoms with van der Waals surface area (Å²) in [6, 6.07) is 3.17. The molecular weight excluding hydrogens is 299 g/mol. The molecule has 1 aromatic carbocycles. The number of nitrogens with zero attached hydrogens (tertiary/aromatic N) is 1. The van der Waals surface area contributed by atoms with Crippen molar-refractivity contribution in [2.24, 2.45) is 0 Å². The summed E-state index contributed by atoms with van der Waals surface area (Å²) in [4.78, 5) is 14.5. The van der Waals surface area contributed by atoms with E-state index >= 15 is 0 Å². The van der Waals surface area contributed by atoms with Crippen LogP contribution in [0.15, 0.2) is 12.1 Å². The molecule has 2 N–H and O–H groups in total. The number of hydrogen-bond donors (Lipinski definition) is 1. The van der Waals surface area contributed by atoms with Crippen LogP contribution in [-0.4, -0.2) is 36.1 Å². The van der Waals surface area contributed by atoms with Gasteiger partial charge in [-0.3, -0.25) is 4.79 Å². The fourth-order valence-electron chi connectivity index (χ4n) is 2.35. The van der Waals surface area contributed by atoms with E-state index in [0.29, 0.717) is 29.4 Å². The number of halogens is 2. The van der Waals surface area contributed by atoms with Gasteiger partial charge in [-0.15, -0.1) is 0 Å². The molecule has 1 heterocycles. The highest BCUT2D eigenvalue weighted by Crippen LogP contribution is 2.30. The highest BCUT2D eigenvalue weighted by atomic mass is 35.5. The number of nitrogens with two attached hydrogens (primary N) is 1. The van der Waals surface area contributed by atoms with Gasteiger partial charge in [0.05, 0.1) is 34.4 Å². The van der Waals surface area contributed by atoms with Crippen LogP contribution in [0.5, 0.6) is 0 Å². The summed E-state index contributed by atoms with van der Waals surface area (Å²) < 4.78 is 5.60. The average molecular weight is 317 g/mol. The summed E-state index contributed by atoms with van der Waals surface area (Å²) in [7, 11) is 0. The summed E-state index contributed by atoms with van der Waals surface area (Å²) in [6.07, 6.45) is 0.837. The van der Waals surface area contributed by atoms with Crippen molar-refractivity contribution in [1.82, 2.24) is 4.90 Å². The smallest absolute Gasteiger partial charge is 0.255 e. The Kier molecular flexibility index (Phi) is 4.78. The Hall–Kier alpha value is -0.970. The highest BCUT2D eigenvalue weighted by Gasteiger charge is 2.31. The second-order valence-electron chi connectivity index (χ2n) is 5.03. The predicted molar refractivity (Wildman–Crippen MR) is 81.4 cm³/mol. The highest BCUT2D eigenvalue weighted by molar-refractivity contribution is 6.44. The van der Waals surface area contributed by atoms with Gasteiger partial charge in [-0.25, -0.2) is 0 Å². The minimum atomic E-state index is -0.147. The van der Waals surface area contributed by atoms with E-state index in [1.807, 2.05) is 13.8 Å². The van der Waals surface area contributed by atoms with Crippen LogP contribution in [0.4, 0.5) is 5.69 Å². The van der Waals surface area contributed by atoms with Gasteiger partial charge in [-0.1, -0.05) is 30.1 Å². The topological polar surface area (TPSA) is 55.6 Å². The molecule has 6 heteroatoms. The molecule has 110 valence electrons. The fourth-order valence-corrected chi connectivity index (χ4v) is 2.77. The van der Waals surface area contributed by atoms with Crippen molar-refractivity contribution in [3.8, 4) is 0 Å². The largest absolute Gasteiger partial charge is 0.399 e. The maximum absolute atomic E-state index is 12.7. The van der Waals surface area contributed by atoms with Crippen molar-refractivity contribution in [3.63, 3.8) is 0 Å². The molecule has 2 atom stereocenters. The number of amides is 1. The summed E-state index contributed by atoms with van der Waals surface area (Å²) >= 11 is 12.1. The van der Waals surface area contributed by atoms with Crippen LogP contribution >= 0.6 is 23.2 Å². The number of carbonyl (C=O) groups excluding carboxylic acids is 1. The Morgan fingerprint density at radius 1 is 1.50 bits per heavy atom. The maximum Gasteiger partial charge on any atom is 0.255 e.